The van der Waals surface area contributed by atoms with Crippen molar-refractivity contribution in [3.63, 3.8) is 0 Å². The Morgan fingerprint density at radius 1 is 1.35 bits per heavy atom. The van der Waals surface area contributed by atoms with E-state index in [2.05, 4.69) is 15.0 Å². The number of aliphatic hydroxyl groups excluding tert-OH is 1. The molecule has 1 saturated heterocycles. The Morgan fingerprint density at radius 3 is 2.75 bits per heavy atom. The summed E-state index contributed by atoms with van der Waals surface area (Å²) in [6, 6.07) is 0. The standard InChI is InChI=1S/C11H13N5O4/c1-10(18)9(20-6-5(17)11(6,10)19)16-3-15-4-7(12)13-2-14-8(4)16/h2-3,5-6,9,17-19H,1H3,(H2,12,13,14)/t5?,6-,9-,10+,11-/m1/s1. The monoisotopic (exact) mass is 279 g/mol. The minimum atomic E-state index is -1.68. The summed E-state index contributed by atoms with van der Waals surface area (Å²) < 4.78 is 7.01. The molecule has 0 aromatic carbocycles. The highest BCUT2D eigenvalue weighted by molar-refractivity contribution is 5.81. The Balaban J connectivity index is 1.84. The quantitative estimate of drug-likeness (QED) is 0.477. The summed E-state index contributed by atoms with van der Waals surface area (Å²) in [5, 5.41) is 30.4. The Morgan fingerprint density at radius 2 is 2.10 bits per heavy atom. The summed E-state index contributed by atoms with van der Waals surface area (Å²) in [6.45, 7) is 1.41. The lowest BCUT2D eigenvalue weighted by molar-refractivity contribution is -0.157. The molecule has 106 valence electrons. The van der Waals surface area contributed by atoms with Crippen LogP contribution in [0, 0.1) is 0 Å². The van der Waals surface area contributed by atoms with Crippen LogP contribution in [0.3, 0.4) is 0 Å². The van der Waals surface area contributed by atoms with Crippen LogP contribution in [0.2, 0.25) is 0 Å². The number of ether oxygens (including phenoxy) is 1. The van der Waals surface area contributed by atoms with Crippen LogP contribution in [0.4, 0.5) is 5.82 Å². The van der Waals surface area contributed by atoms with Gasteiger partial charge in [0.05, 0.1) is 6.33 Å². The zero-order valence-corrected chi connectivity index (χ0v) is 10.5. The first-order valence-electron chi connectivity index (χ1n) is 6.10. The van der Waals surface area contributed by atoms with Gasteiger partial charge in [0.1, 0.15) is 29.7 Å². The molecule has 0 spiro atoms. The lowest BCUT2D eigenvalue weighted by Crippen LogP contribution is -2.48. The van der Waals surface area contributed by atoms with Crippen LogP contribution in [0.15, 0.2) is 12.7 Å². The Kier molecular flexibility index (Phi) is 1.95. The average molecular weight is 279 g/mol. The van der Waals surface area contributed by atoms with Gasteiger partial charge in [-0.05, 0) is 6.92 Å². The fraction of sp³-hybridized carbons (Fsp3) is 0.545. The summed E-state index contributed by atoms with van der Waals surface area (Å²) in [4.78, 5) is 12.0. The molecule has 1 aliphatic heterocycles. The van der Waals surface area contributed by atoms with E-state index in [1.54, 1.807) is 0 Å². The molecule has 9 heteroatoms. The molecular weight excluding hydrogens is 266 g/mol. The normalized spacial score (nSPS) is 42.9. The molecule has 1 saturated carbocycles. The summed E-state index contributed by atoms with van der Waals surface area (Å²) in [7, 11) is 0. The molecule has 2 fully saturated rings. The molecular formula is C11H13N5O4. The van der Waals surface area contributed by atoms with Crippen LogP contribution >= 0.6 is 0 Å². The number of rotatable bonds is 1. The molecule has 0 bridgehead atoms. The number of nitrogens with zero attached hydrogens (tertiary/aromatic N) is 4. The second-order valence-corrected chi connectivity index (χ2v) is 5.41. The van der Waals surface area contributed by atoms with Gasteiger partial charge in [-0.15, -0.1) is 0 Å². The molecule has 1 unspecified atom stereocenters. The summed E-state index contributed by atoms with van der Waals surface area (Å²) in [6.07, 6.45) is -0.137. The van der Waals surface area contributed by atoms with Gasteiger partial charge in [0.25, 0.3) is 0 Å². The van der Waals surface area contributed by atoms with Crippen LogP contribution in [-0.4, -0.2) is 58.2 Å². The first-order valence-corrected chi connectivity index (χ1v) is 6.10. The van der Waals surface area contributed by atoms with Gasteiger partial charge in [-0.1, -0.05) is 0 Å². The fourth-order valence-electron chi connectivity index (χ4n) is 2.94. The van der Waals surface area contributed by atoms with Crippen molar-refractivity contribution in [2.45, 2.75) is 36.6 Å². The van der Waals surface area contributed by atoms with E-state index in [-0.39, 0.29) is 5.82 Å². The SMILES string of the molecule is C[C@]1(O)[C@H](n2cnc3c(N)ncnc32)O[C@@H]2C(O)[C@@]21O. The predicted octanol–water partition coefficient (Wildman–Crippen LogP) is -1.84. The molecule has 20 heavy (non-hydrogen) atoms. The van der Waals surface area contributed by atoms with Gasteiger partial charge < -0.3 is 25.8 Å². The van der Waals surface area contributed by atoms with E-state index in [1.165, 1.54) is 24.1 Å². The smallest absolute Gasteiger partial charge is 0.168 e. The van der Waals surface area contributed by atoms with Gasteiger partial charge in [-0.3, -0.25) is 4.57 Å². The number of nitrogen functional groups attached to an aromatic ring is 1. The highest BCUT2D eigenvalue weighted by Gasteiger charge is 2.82. The molecule has 3 heterocycles. The van der Waals surface area contributed by atoms with E-state index in [1.807, 2.05) is 0 Å². The summed E-state index contributed by atoms with van der Waals surface area (Å²) in [5.74, 6) is 0.218. The second kappa shape index (κ2) is 3.26. The Hall–Kier alpha value is -1.81. The maximum atomic E-state index is 10.5. The van der Waals surface area contributed by atoms with Crippen LogP contribution in [0.25, 0.3) is 11.2 Å². The summed E-state index contributed by atoms with van der Waals surface area (Å²) >= 11 is 0. The van der Waals surface area contributed by atoms with Crippen LogP contribution in [-0.2, 0) is 4.74 Å². The lowest BCUT2D eigenvalue weighted by atomic mass is 9.95. The van der Waals surface area contributed by atoms with E-state index >= 15 is 0 Å². The van der Waals surface area contributed by atoms with Gasteiger partial charge in [0, 0.05) is 0 Å². The molecule has 0 amide bonds. The van der Waals surface area contributed by atoms with Gasteiger partial charge >= 0.3 is 0 Å². The van der Waals surface area contributed by atoms with Crippen LogP contribution in [0.5, 0.6) is 0 Å². The van der Waals surface area contributed by atoms with Gasteiger partial charge in [-0.25, -0.2) is 15.0 Å². The third-order valence-corrected chi connectivity index (χ3v) is 4.27. The minimum absolute atomic E-state index is 0.218. The van der Waals surface area contributed by atoms with E-state index in [9.17, 15) is 15.3 Å². The number of imidazole rings is 1. The zero-order valence-electron chi connectivity index (χ0n) is 10.5. The molecule has 9 nitrogen and oxygen atoms in total. The highest BCUT2D eigenvalue weighted by Crippen LogP contribution is 2.59. The number of hydrogen-bond donors (Lipinski definition) is 4. The summed E-state index contributed by atoms with van der Waals surface area (Å²) in [5.41, 5.74) is 3.13. The van der Waals surface area contributed by atoms with E-state index in [0.29, 0.717) is 11.2 Å². The average Bonchev–Trinajstić information content (AvgIpc) is 2.75. The first-order chi connectivity index (χ1) is 9.39. The van der Waals surface area contributed by atoms with Crippen LogP contribution < -0.4 is 5.73 Å². The number of aliphatic hydroxyl groups is 3. The third kappa shape index (κ3) is 1.10. The largest absolute Gasteiger partial charge is 0.387 e. The Labute approximate surface area is 112 Å². The third-order valence-electron chi connectivity index (χ3n) is 4.27. The predicted molar refractivity (Wildman–Crippen MR) is 65.2 cm³/mol. The number of nitrogens with two attached hydrogens (primary N) is 1. The van der Waals surface area contributed by atoms with Crippen molar-refractivity contribution in [3.8, 4) is 0 Å². The lowest BCUT2D eigenvalue weighted by Gasteiger charge is -2.32. The van der Waals surface area contributed by atoms with Gasteiger partial charge in [-0.2, -0.15) is 0 Å². The topological polar surface area (TPSA) is 140 Å². The van der Waals surface area contributed by atoms with E-state index in [0.717, 1.165) is 0 Å². The van der Waals surface area contributed by atoms with Gasteiger partial charge in [0.15, 0.2) is 23.3 Å². The molecule has 2 aromatic rings. The van der Waals surface area contributed by atoms with Crippen LogP contribution in [0.1, 0.15) is 13.2 Å². The van der Waals surface area contributed by atoms with Crippen molar-refractivity contribution in [3.05, 3.63) is 12.7 Å². The molecule has 2 aromatic heterocycles. The fourth-order valence-corrected chi connectivity index (χ4v) is 2.94. The molecule has 5 N–H and O–H groups in total. The van der Waals surface area contributed by atoms with Crippen molar-refractivity contribution in [1.29, 1.82) is 0 Å². The second-order valence-electron chi connectivity index (χ2n) is 5.41. The number of fused-ring (bicyclic) bond motifs is 2. The molecule has 0 radical (unpaired) electrons. The van der Waals surface area contributed by atoms with Crippen molar-refractivity contribution < 1.29 is 20.1 Å². The van der Waals surface area contributed by atoms with Gasteiger partial charge in [0.2, 0.25) is 0 Å². The number of aromatic nitrogens is 4. The maximum Gasteiger partial charge on any atom is 0.168 e. The number of anilines is 1. The molecule has 2 aliphatic rings. The van der Waals surface area contributed by atoms with Crippen molar-refractivity contribution in [2.24, 2.45) is 0 Å². The minimum Gasteiger partial charge on any atom is -0.387 e. The number of hydrogen-bond acceptors (Lipinski definition) is 8. The Bertz CT molecular complexity index is 716. The maximum absolute atomic E-state index is 10.5. The van der Waals surface area contributed by atoms with E-state index < -0.39 is 29.6 Å². The zero-order chi connectivity index (χ0) is 14.3. The highest BCUT2D eigenvalue weighted by atomic mass is 16.6. The first kappa shape index (κ1) is 12.0. The van der Waals surface area contributed by atoms with Crippen molar-refractivity contribution in [2.75, 3.05) is 5.73 Å². The van der Waals surface area contributed by atoms with Crippen molar-refractivity contribution >= 4 is 17.0 Å². The van der Waals surface area contributed by atoms with E-state index in [4.69, 9.17) is 10.5 Å². The molecule has 5 atom stereocenters. The molecule has 4 rings (SSSR count). The molecule has 1 aliphatic carbocycles. The van der Waals surface area contributed by atoms with Crippen molar-refractivity contribution in [1.82, 2.24) is 19.5 Å².